The number of nitriles is 1. The average molecular weight is 331 g/mol. The highest BCUT2D eigenvalue weighted by Crippen LogP contribution is 2.13. The van der Waals surface area contributed by atoms with Crippen LogP contribution in [0.15, 0.2) is 48.5 Å². The van der Waals surface area contributed by atoms with Gasteiger partial charge in [-0.3, -0.25) is 15.6 Å². The summed E-state index contributed by atoms with van der Waals surface area (Å²) < 4.78 is 0. The molecule has 2 aromatic rings. The summed E-state index contributed by atoms with van der Waals surface area (Å²) in [6.45, 7) is 0. The van der Waals surface area contributed by atoms with E-state index in [-0.39, 0.29) is 11.0 Å². The summed E-state index contributed by atoms with van der Waals surface area (Å²) in [6, 6.07) is 15.2. The number of thiocarbonyl (C=S) groups is 1. The fourth-order valence-electron chi connectivity index (χ4n) is 1.58. The van der Waals surface area contributed by atoms with E-state index in [1.165, 1.54) is 0 Å². The molecule has 5 nitrogen and oxygen atoms in total. The van der Waals surface area contributed by atoms with E-state index in [0.29, 0.717) is 16.1 Å². The Balaban J connectivity index is 1.86. The molecule has 7 heteroatoms. The molecule has 0 saturated carbocycles. The van der Waals surface area contributed by atoms with Crippen LogP contribution >= 0.6 is 23.8 Å². The number of carbonyl (C=O) groups excluding carboxylic acids is 1. The van der Waals surface area contributed by atoms with Crippen molar-refractivity contribution >= 4 is 40.5 Å². The quantitative estimate of drug-likeness (QED) is 0.583. The van der Waals surface area contributed by atoms with Gasteiger partial charge in [0, 0.05) is 16.3 Å². The van der Waals surface area contributed by atoms with E-state index in [9.17, 15) is 4.79 Å². The molecule has 110 valence electrons. The highest BCUT2D eigenvalue weighted by molar-refractivity contribution is 7.80. The first kappa shape index (κ1) is 15.8. The largest absolute Gasteiger partial charge is 0.331 e. The molecule has 0 saturated heterocycles. The normalized spacial score (nSPS) is 9.45. The van der Waals surface area contributed by atoms with E-state index in [2.05, 4.69) is 16.2 Å². The van der Waals surface area contributed by atoms with Gasteiger partial charge in [0.2, 0.25) is 0 Å². The average Bonchev–Trinajstić information content (AvgIpc) is 2.55. The van der Waals surface area contributed by atoms with Gasteiger partial charge >= 0.3 is 0 Å². The first-order valence-corrected chi connectivity index (χ1v) is 7.00. The molecule has 0 aliphatic heterocycles. The van der Waals surface area contributed by atoms with Gasteiger partial charge in [0.25, 0.3) is 5.91 Å². The second-order valence-corrected chi connectivity index (χ2v) is 5.07. The molecular weight excluding hydrogens is 320 g/mol. The Kier molecular flexibility index (Phi) is 5.31. The van der Waals surface area contributed by atoms with Crippen molar-refractivity contribution in [2.75, 3.05) is 5.32 Å². The molecule has 0 atom stereocenters. The minimum absolute atomic E-state index is 0.240. The van der Waals surface area contributed by atoms with Crippen LogP contribution in [0.3, 0.4) is 0 Å². The lowest BCUT2D eigenvalue weighted by atomic mass is 10.1. The van der Waals surface area contributed by atoms with Gasteiger partial charge in [-0.25, -0.2) is 0 Å². The monoisotopic (exact) mass is 330 g/mol. The summed E-state index contributed by atoms with van der Waals surface area (Å²) in [7, 11) is 0. The number of anilines is 1. The van der Waals surface area contributed by atoms with E-state index in [1.807, 2.05) is 6.07 Å². The zero-order valence-corrected chi connectivity index (χ0v) is 12.8. The predicted molar refractivity (Wildman–Crippen MR) is 89.4 cm³/mol. The van der Waals surface area contributed by atoms with Crippen LogP contribution in [0.2, 0.25) is 5.02 Å². The Morgan fingerprint density at radius 3 is 2.27 bits per heavy atom. The summed E-state index contributed by atoms with van der Waals surface area (Å²) in [6.07, 6.45) is 0. The van der Waals surface area contributed by atoms with Crippen LogP contribution in [0.5, 0.6) is 0 Å². The number of halogens is 1. The zero-order valence-electron chi connectivity index (χ0n) is 11.3. The molecular formula is C15H11ClN4OS. The third kappa shape index (κ3) is 4.45. The van der Waals surface area contributed by atoms with E-state index in [4.69, 9.17) is 29.1 Å². The van der Waals surface area contributed by atoms with Gasteiger partial charge < -0.3 is 5.32 Å². The number of nitrogens with zero attached hydrogens (tertiary/aromatic N) is 1. The fourth-order valence-corrected chi connectivity index (χ4v) is 1.87. The van der Waals surface area contributed by atoms with Gasteiger partial charge in [0.1, 0.15) is 0 Å². The van der Waals surface area contributed by atoms with E-state index in [0.717, 1.165) is 5.69 Å². The maximum Gasteiger partial charge on any atom is 0.269 e. The maximum absolute atomic E-state index is 11.9. The van der Waals surface area contributed by atoms with Gasteiger partial charge in [0.05, 0.1) is 11.6 Å². The van der Waals surface area contributed by atoms with Crippen LogP contribution in [-0.2, 0) is 0 Å². The Labute approximate surface area is 137 Å². The molecule has 1 amide bonds. The number of amides is 1. The topological polar surface area (TPSA) is 77.0 Å². The van der Waals surface area contributed by atoms with Crippen molar-refractivity contribution in [3.8, 4) is 6.07 Å². The van der Waals surface area contributed by atoms with E-state index in [1.54, 1.807) is 48.5 Å². The molecule has 0 aliphatic rings. The Morgan fingerprint density at radius 1 is 1.05 bits per heavy atom. The van der Waals surface area contributed by atoms with E-state index >= 15 is 0 Å². The second kappa shape index (κ2) is 7.41. The SMILES string of the molecule is N#Cc1ccc(C(=O)NNC(=S)Nc2ccc(Cl)cc2)cc1. The first-order chi connectivity index (χ1) is 10.6. The fraction of sp³-hybridized carbons (Fsp3) is 0. The first-order valence-electron chi connectivity index (χ1n) is 6.21. The van der Waals surface area contributed by atoms with Crippen LogP contribution in [0.25, 0.3) is 0 Å². The molecule has 0 unspecified atom stereocenters. The summed E-state index contributed by atoms with van der Waals surface area (Å²) in [5, 5.41) is 12.5. The number of rotatable bonds is 2. The lowest BCUT2D eigenvalue weighted by Gasteiger charge is -2.11. The van der Waals surface area contributed by atoms with Crippen LogP contribution in [0, 0.1) is 11.3 Å². The van der Waals surface area contributed by atoms with Crippen molar-refractivity contribution in [3.63, 3.8) is 0 Å². The molecule has 0 fully saturated rings. The maximum atomic E-state index is 11.9. The summed E-state index contributed by atoms with van der Waals surface area (Å²) in [4.78, 5) is 11.9. The lowest BCUT2D eigenvalue weighted by molar-refractivity contribution is 0.0944. The molecule has 0 radical (unpaired) electrons. The van der Waals surface area contributed by atoms with Crippen LogP contribution in [-0.4, -0.2) is 11.0 Å². The molecule has 0 heterocycles. The van der Waals surface area contributed by atoms with Crippen LogP contribution in [0.4, 0.5) is 5.69 Å². The molecule has 0 bridgehead atoms. The van der Waals surface area contributed by atoms with Crippen molar-refractivity contribution in [2.45, 2.75) is 0 Å². The summed E-state index contributed by atoms with van der Waals surface area (Å²) in [5.74, 6) is -0.357. The molecule has 22 heavy (non-hydrogen) atoms. The molecule has 0 aliphatic carbocycles. The number of hydrazine groups is 1. The number of benzene rings is 2. The highest BCUT2D eigenvalue weighted by Gasteiger charge is 2.05. The molecule has 2 aromatic carbocycles. The number of hydrogen-bond donors (Lipinski definition) is 3. The Hall–Kier alpha value is -2.62. The van der Waals surface area contributed by atoms with Crippen molar-refractivity contribution < 1.29 is 4.79 Å². The molecule has 2 rings (SSSR count). The Bertz CT molecular complexity index is 723. The zero-order chi connectivity index (χ0) is 15.9. The minimum Gasteiger partial charge on any atom is -0.331 e. The smallest absolute Gasteiger partial charge is 0.269 e. The van der Waals surface area contributed by atoms with Crippen molar-refractivity contribution in [1.29, 1.82) is 5.26 Å². The number of carbonyl (C=O) groups is 1. The van der Waals surface area contributed by atoms with Gasteiger partial charge in [-0.2, -0.15) is 5.26 Å². The van der Waals surface area contributed by atoms with Crippen LogP contribution < -0.4 is 16.2 Å². The van der Waals surface area contributed by atoms with Gasteiger partial charge in [-0.1, -0.05) is 11.6 Å². The molecule has 0 aromatic heterocycles. The predicted octanol–water partition coefficient (Wildman–Crippen LogP) is 2.84. The third-order valence-corrected chi connectivity index (χ3v) is 3.12. The highest BCUT2D eigenvalue weighted by atomic mass is 35.5. The summed E-state index contributed by atoms with van der Waals surface area (Å²) >= 11 is 10.9. The van der Waals surface area contributed by atoms with Gasteiger partial charge in [0.15, 0.2) is 5.11 Å². The van der Waals surface area contributed by atoms with E-state index < -0.39 is 0 Å². The standard InChI is InChI=1S/C15H11ClN4OS/c16-12-5-7-13(8-6-12)18-15(22)20-19-14(21)11-3-1-10(9-17)2-4-11/h1-8H,(H,19,21)(H2,18,20,22). The molecule has 3 N–H and O–H groups in total. The Morgan fingerprint density at radius 2 is 1.68 bits per heavy atom. The second-order valence-electron chi connectivity index (χ2n) is 4.23. The van der Waals surface area contributed by atoms with Crippen molar-refractivity contribution in [3.05, 3.63) is 64.7 Å². The summed E-state index contributed by atoms with van der Waals surface area (Å²) in [5.41, 5.74) is 6.71. The van der Waals surface area contributed by atoms with Crippen LogP contribution in [0.1, 0.15) is 15.9 Å². The van der Waals surface area contributed by atoms with Gasteiger partial charge in [-0.05, 0) is 60.7 Å². The third-order valence-electron chi connectivity index (χ3n) is 2.67. The van der Waals surface area contributed by atoms with Crippen molar-refractivity contribution in [2.24, 2.45) is 0 Å². The van der Waals surface area contributed by atoms with Gasteiger partial charge in [-0.15, -0.1) is 0 Å². The number of hydrogen-bond acceptors (Lipinski definition) is 3. The van der Waals surface area contributed by atoms with Crippen molar-refractivity contribution in [1.82, 2.24) is 10.9 Å². The number of nitrogens with one attached hydrogen (secondary N) is 3. The minimum atomic E-state index is -0.357. The lowest BCUT2D eigenvalue weighted by Crippen LogP contribution is -2.43. The molecule has 0 spiro atoms.